The molecule has 2 rings (SSSR count). The molecule has 0 amide bonds. The lowest BCUT2D eigenvalue weighted by Gasteiger charge is -2.15. The zero-order chi connectivity index (χ0) is 13.7. The molecule has 0 saturated carbocycles. The predicted molar refractivity (Wildman–Crippen MR) is 71.4 cm³/mol. The third-order valence-corrected chi connectivity index (χ3v) is 3.28. The van der Waals surface area contributed by atoms with Gasteiger partial charge in [-0.15, -0.1) is 0 Å². The molecule has 0 aliphatic heterocycles. The number of Topliss-reactive ketones (excluding diaryl/α,β-unsaturated/α-hetero) is 1. The van der Waals surface area contributed by atoms with E-state index in [0.29, 0.717) is 11.6 Å². The normalized spacial score (nSPS) is 11.8. The van der Waals surface area contributed by atoms with Gasteiger partial charge in [0.2, 0.25) is 5.16 Å². The lowest BCUT2D eigenvalue weighted by Crippen LogP contribution is -2.21. The van der Waals surface area contributed by atoms with E-state index in [0.717, 1.165) is 17.3 Å². The van der Waals surface area contributed by atoms with Crippen molar-refractivity contribution in [2.45, 2.75) is 24.5 Å². The summed E-state index contributed by atoms with van der Waals surface area (Å²) in [5.74, 6) is -0.00542. The first-order chi connectivity index (χ1) is 9.22. The molecule has 0 aliphatic carbocycles. The Balaban J connectivity index is 2.28. The molecule has 0 N–H and O–H groups in total. The van der Waals surface area contributed by atoms with Crippen LogP contribution in [-0.2, 0) is 11.2 Å². The Bertz CT molecular complexity index is 603. The van der Waals surface area contributed by atoms with Gasteiger partial charge in [-0.2, -0.15) is 10.4 Å². The fourth-order valence-corrected chi connectivity index (χ4v) is 2.26. The lowest BCUT2D eigenvalue weighted by molar-refractivity contribution is -0.120. The minimum atomic E-state index is -0.430. The van der Waals surface area contributed by atoms with Crippen molar-refractivity contribution in [2.24, 2.45) is 0 Å². The van der Waals surface area contributed by atoms with Crippen LogP contribution in [0.4, 0.5) is 0 Å². The number of ketones is 1. The summed E-state index contributed by atoms with van der Waals surface area (Å²) in [5.41, 5.74) is 1.05. The molecule has 1 unspecified atom stereocenters. The molecule has 0 bridgehead atoms. The van der Waals surface area contributed by atoms with Gasteiger partial charge in [-0.3, -0.25) is 4.79 Å². The second kappa shape index (κ2) is 6.16. The number of carbonyl (C=O) groups is 1. The molecular formula is C13H12N4OS. The number of rotatable bonds is 5. The number of nitriles is 1. The van der Waals surface area contributed by atoms with E-state index in [4.69, 9.17) is 5.26 Å². The van der Waals surface area contributed by atoms with E-state index < -0.39 is 6.04 Å². The molecule has 96 valence electrons. The number of carbonyl (C=O) groups excluding carboxylic acids is 1. The monoisotopic (exact) mass is 272 g/mol. The van der Waals surface area contributed by atoms with Crippen molar-refractivity contribution >= 4 is 17.5 Å². The maximum Gasteiger partial charge on any atom is 0.201 e. The number of hydrogen-bond acceptors (Lipinski definition) is 5. The summed E-state index contributed by atoms with van der Waals surface area (Å²) in [5, 5.41) is 15.2. The topological polar surface area (TPSA) is 71.6 Å². The number of nitrogens with zero attached hydrogens (tertiary/aromatic N) is 4. The average molecular weight is 272 g/mol. The van der Waals surface area contributed by atoms with Gasteiger partial charge in [0.15, 0.2) is 5.78 Å². The summed E-state index contributed by atoms with van der Waals surface area (Å²) in [6, 6.07) is 9.28. The second-order valence-corrected chi connectivity index (χ2v) is 4.75. The zero-order valence-electron chi connectivity index (χ0n) is 10.4. The predicted octanol–water partition coefficient (Wildman–Crippen LogP) is 2.22. The highest BCUT2D eigenvalue weighted by Crippen LogP contribution is 2.21. The quantitative estimate of drug-likeness (QED) is 0.616. The number of thioether (sulfide) groups is 1. The lowest BCUT2D eigenvalue weighted by atomic mass is 10.0. The minimum absolute atomic E-state index is 0.00542. The smallest absolute Gasteiger partial charge is 0.201 e. The highest BCUT2D eigenvalue weighted by atomic mass is 32.2. The van der Waals surface area contributed by atoms with Crippen molar-refractivity contribution in [2.75, 3.05) is 0 Å². The van der Waals surface area contributed by atoms with Crippen LogP contribution in [0.1, 0.15) is 18.5 Å². The van der Waals surface area contributed by atoms with E-state index in [9.17, 15) is 4.79 Å². The molecular weight excluding hydrogens is 260 g/mol. The van der Waals surface area contributed by atoms with Crippen LogP contribution in [0.5, 0.6) is 0 Å². The summed E-state index contributed by atoms with van der Waals surface area (Å²) in [7, 11) is 0. The standard InChI is InChI=1S/C13H12N4OS/c1-10(18)12(7-11-5-3-2-4-6-11)17-13(19-8-14)15-9-16-17/h2-6,9,12H,7H2,1H3. The summed E-state index contributed by atoms with van der Waals surface area (Å²) >= 11 is 0.908. The van der Waals surface area contributed by atoms with Crippen LogP contribution in [0.15, 0.2) is 41.8 Å². The number of thiocyanates is 1. The fourth-order valence-electron chi connectivity index (χ4n) is 1.81. The van der Waals surface area contributed by atoms with Crippen LogP contribution in [0.25, 0.3) is 0 Å². The van der Waals surface area contributed by atoms with Crippen LogP contribution in [0, 0.1) is 10.7 Å². The Kier molecular flexibility index (Phi) is 4.31. The van der Waals surface area contributed by atoms with E-state index in [2.05, 4.69) is 10.1 Å². The van der Waals surface area contributed by atoms with Gasteiger partial charge in [0.25, 0.3) is 0 Å². The van der Waals surface area contributed by atoms with Crippen molar-refractivity contribution in [1.29, 1.82) is 5.26 Å². The highest BCUT2D eigenvalue weighted by Gasteiger charge is 2.21. The summed E-state index contributed by atoms with van der Waals surface area (Å²) in [4.78, 5) is 15.8. The Hall–Kier alpha value is -2.13. The zero-order valence-corrected chi connectivity index (χ0v) is 11.2. The van der Waals surface area contributed by atoms with Crippen molar-refractivity contribution < 1.29 is 4.79 Å². The maximum absolute atomic E-state index is 11.8. The van der Waals surface area contributed by atoms with Crippen molar-refractivity contribution in [3.8, 4) is 5.40 Å². The molecule has 2 aromatic rings. The van der Waals surface area contributed by atoms with E-state index >= 15 is 0 Å². The molecule has 1 aromatic carbocycles. The molecule has 5 nitrogen and oxygen atoms in total. The third-order valence-electron chi connectivity index (χ3n) is 2.71. The second-order valence-electron chi connectivity index (χ2n) is 4.00. The summed E-state index contributed by atoms with van der Waals surface area (Å²) in [6.45, 7) is 1.52. The molecule has 1 atom stereocenters. The highest BCUT2D eigenvalue weighted by molar-refractivity contribution is 8.03. The average Bonchev–Trinajstić information content (AvgIpc) is 2.85. The van der Waals surface area contributed by atoms with Crippen LogP contribution in [0.3, 0.4) is 0 Å². The molecule has 1 aromatic heterocycles. The van der Waals surface area contributed by atoms with Gasteiger partial charge in [0.1, 0.15) is 17.8 Å². The SMILES string of the molecule is CC(=O)C(Cc1ccccc1)n1ncnc1SC#N. The largest absolute Gasteiger partial charge is 0.298 e. The van der Waals surface area contributed by atoms with E-state index in [1.54, 1.807) is 0 Å². The third kappa shape index (κ3) is 3.20. The molecule has 0 aliphatic rings. The number of benzene rings is 1. The first-order valence-corrected chi connectivity index (χ1v) is 6.54. The Morgan fingerprint density at radius 2 is 2.21 bits per heavy atom. The Labute approximate surface area is 115 Å². The molecule has 0 saturated heterocycles. The molecule has 0 radical (unpaired) electrons. The van der Waals surface area contributed by atoms with Gasteiger partial charge in [-0.25, -0.2) is 9.67 Å². The Morgan fingerprint density at radius 1 is 1.47 bits per heavy atom. The molecule has 0 fully saturated rings. The minimum Gasteiger partial charge on any atom is -0.298 e. The first-order valence-electron chi connectivity index (χ1n) is 5.72. The van der Waals surface area contributed by atoms with Gasteiger partial charge in [-0.05, 0) is 12.5 Å². The summed E-state index contributed by atoms with van der Waals surface area (Å²) in [6.07, 6.45) is 1.90. The van der Waals surface area contributed by atoms with Gasteiger partial charge in [0.05, 0.1) is 0 Å². The van der Waals surface area contributed by atoms with Crippen LogP contribution in [0.2, 0.25) is 0 Å². The van der Waals surface area contributed by atoms with Crippen LogP contribution < -0.4 is 0 Å². The van der Waals surface area contributed by atoms with E-state index in [1.165, 1.54) is 17.9 Å². The first kappa shape index (κ1) is 13.3. The molecule has 6 heteroatoms. The number of hydrogen-bond donors (Lipinski definition) is 0. The van der Waals surface area contributed by atoms with Crippen LogP contribution in [-0.4, -0.2) is 20.5 Å². The number of aromatic nitrogens is 3. The van der Waals surface area contributed by atoms with E-state index in [-0.39, 0.29) is 5.78 Å². The maximum atomic E-state index is 11.8. The fraction of sp³-hybridized carbons (Fsp3) is 0.231. The van der Waals surface area contributed by atoms with Crippen molar-refractivity contribution in [1.82, 2.24) is 14.8 Å². The molecule has 1 heterocycles. The van der Waals surface area contributed by atoms with E-state index in [1.807, 2.05) is 35.7 Å². The van der Waals surface area contributed by atoms with Crippen molar-refractivity contribution in [3.05, 3.63) is 42.2 Å². The van der Waals surface area contributed by atoms with Gasteiger partial charge >= 0.3 is 0 Å². The van der Waals surface area contributed by atoms with Gasteiger partial charge in [-0.1, -0.05) is 30.3 Å². The molecule has 0 spiro atoms. The molecule has 19 heavy (non-hydrogen) atoms. The van der Waals surface area contributed by atoms with Crippen molar-refractivity contribution in [3.63, 3.8) is 0 Å². The Morgan fingerprint density at radius 3 is 2.84 bits per heavy atom. The van der Waals surface area contributed by atoms with Gasteiger partial charge < -0.3 is 0 Å². The van der Waals surface area contributed by atoms with Crippen LogP contribution >= 0.6 is 11.8 Å². The summed E-state index contributed by atoms with van der Waals surface area (Å²) < 4.78 is 1.52. The van der Waals surface area contributed by atoms with Gasteiger partial charge in [0, 0.05) is 18.2 Å².